The average molecular weight is 823 g/mol. The largest absolute Gasteiger partial charge is 0.465 e. The zero-order valence-electron chi connectivity index (χ0n) is 39.0. The molecule has 0 aliphatic heterocycles. The quantitative estimate of drug-likeness (QED) is 0.0267. The van der Waals surface area contributed by atoms with Gasteiger partial charge in [0.25, 0.3) is 0 Å². The van der Waals surface area contributed by atoms with E-state index in [2.05, 4.69) is 45.5 Å². The molecule has 0 saturated carbocycles. The van der Waals surface area contributed by atoms with Crippen LogP contribution < -0.4 is 26.7 Å². The van der Waals surface area contributed by atoms with Crippen LogP contribution >= 0.6 is 0 Å². The smallest absolute Gasteiger partial charge is 0.404 e. The lowest BCUT2D eigenvalue weighted by atomic mass is 10.0. The van der Waals surface area contributed by atoms with Crippen molar-refractivity contribution in [2.75, 3.05) is 58.9 Å². The molecule has 346 valence electrons. The number of nitrogens with one attached hydrogen (secondary N) is 5. The summed E-state index contributed by atoms with van der Waals surface area (Å²) in [5.74, 6) is 0.0913. The standard InChI is InChI=1S/C49H102N6O3/c1-3-5-7-9-11-13-15-17-19-21-23-25-27-29-31-35-45-55(46-36-32-30-28-26-24-22-20-18-16-14-12-10-8-6-4-2)54-47-48(56)52-43-37-41-50-39-33-34-40-51-42-38-44-53-49(57)58/h50-51,53-54H,3-47H2,1-2H3,(H,52,56)(H,57,58). The van der Waals surface area contributed by atoms with Crippen LogP contribution in [0.1, 0.15) is 245 Å². The van der Waals surface area contributed by atoms with E-state index in [1.165, 1.54) is 205 Å². The average Bonchev–Trinajstić information content (AvgIpc) is 3.22. The first-order chi connectivity index (χ1) is 28.6. The molecule has 58 heavy (non-hydrogen) atoms. The second kappa shape index (κ2) is 49.9. The van der Waals surface area contributed by atoms with Gasteiger partial charge in [0.2, 0.25) is 5.91 Å². The number of carbonyl (C=O) groups is 2. The van der Waals surface area contributed by atoms with Crippen LogP contribution in [0.3, 0.4) is 0 Å². The van der Waals surface area contributed by atoms with Gasteiger partial charge in [0, 0.05) is 26.2 Å². The van der Waals surface area contributed by atoms with Crippen LogP contribution in [0.15, 0.2) is 0 Å². The van der Waals surface area contributed by atoms with Crippen LogP contribution in [0.4, 0.5) is 4.79 Å². The Bertz CT molecular complexity index is 783. The monoisotopic (exact) mass is 823 g/mol. The highest BCUT2D eigenvalue weighted by molar-refractivity contribution is 5.77. The van der Waals surface area contributed by atoms with Crippen molar-refractivity contribution >= 4 is 12.0 Å². The second-order valence-electron chi connectivity index (χ2n) is 17.4. The number of hydrogen-bond acceptors (Lipinski definition) is 6. The highest BCUT2D eigenvalue weighted by Crippen LogP contribution is 2.15. The van der Waals surface area contributed by atoms with Crippen LogP contribution in [-0.4, -0.2) is 81.0 Å². The topological polar surface area (TPSA) is 118 Å². The van der Waals surface area contributed by atoms with E-state index in [-0.39, 0.29) is 5.91 Å². The van der Waals surface area contributed by atoms with Crippen LogP contribution in [0.2, 0.25) is 0 Å². The van der Waals surface area contributed by atoms with Crippen molar-refractivity contribution in [3.05, 3.63) is 0 Å². The maximum atomic E-state index is 12.7. The van der Waals surface area contributed by atoms with Crippen LogP contribution in [0.5, 0.6) is 0 Å². The molecule has 0 heterocycles. The zero-order valence-corrected chi connectivity index (χ0v) is 39.0. The molecule has 0 spiro atoms. The first kappa shape index (κ1) is 56.6. The highest BCUT2D eigenvalue weighted by atomic mass is 16.4. The third-order valence-corrected chi connectivity index (χ3v) is 11.6. The van der Waals surface area contributed by atoms with Crippen molar-refractivity contribution in [3.8, 4) is 0 Å². The van der Waals surface area contributed by atoms with Crippen molar-refractivity contribution in [2.45, 2.75) is 245 Å². The summed E-state index contributed by atoms with van der Waals surface area (Å²) in [4.78, 5) is 23.1. The number of hydrogen-bond donors (Lipinski definition) is 6. The van der Waals surface area contributed by atoms with E-state index in [0.717, 1.165) is 65.0 Å². The van der Waals surface area contributed by atoms with Gasteiger partial charge < -0.3 is 26.4 Å². The van der Waals surface area contributed by atoms with Crippen molar-refractivity contribution in [2.24, 2.45) is 0 Å². The summed E-state index contributed by atoms with van der Waals surface area (Å²) in [6, 6.07) is 0. The van der Waals surface area contributed by atoms with Crippen molar-refractivity contribution < 1.29 is 14.7 Å². The Kier molecular flexibility index (Phi) is 48.7. The molecule has 0 rings (SSSR count). The van der Waals surface area contributed by atoms with Gasteiger partial charge in [-0.05, 0) is 64.7 Å². The molecule has 2 amide bonds. The van der Waals surface area contributed by atoms with E-state index in [1.807, 2.05) is 0 Å². The minimum Gasteiger partial charge on any atom is -0.465 e. The van der Waals surface area contributed by atoms with Crippen LogP contribution in [0.25, 0.3) is 0 Å². The zero-order chi connectivity index (χ0) is 42.1. The molecule has 0 fully saturated rings. The van der Waals surface area contributed by atoms with Gasteiger partial charge in [-0.15, -0.1) is 0 Å². The maximum Gasteiger partial charge on any atom is 0.404 e. The predicted molar refractivity (Wildman–Crippen MR) is 252 cm³/mol. The number of nitrogens with zero attached hydrogens (tertiary/aromatic N) is 1. The molecule has 0 aromatic rings. The molecule has 0 saturated heterocycles. The van der Waals surface area contributed by atoms with Gasteiger partial charge in [-0.25, -0.2) is 15.2 Å². The highest BCUT2D eigenvalue weighted by Gasteiger charge is 2.08. The fraction of sp³-hybridized carbons (Fsp3) is 0.959. The van der Waals surface area contributed by atoms with Gasteiger partial charge in [0.1, 0.15) is 0 Å². The summed E-state index contributed by atoms with van der Waals surface area (Å²) in [7, 11) is 0. The van der Waals surface area contributed by atoms with E-state index < -0.39 is 6.09 Å². The summed E-state index contributed by atoms with van der Waals surface area (Å²) in [6.07, 6.45) is 47.5. The van der Waals surface area contributed by atoms with Crippen LogP contribution in [0, 0.1) is 0 Å². The molecule has 9 nitrogen and oxygen atoms in total. The third-order valence-electron chi connectivity index (χ3n) is 11.6. The van der Waals surface area contributed by atoms with E-state index in [0.29, 0.717) is 19.6 Å². The van der Waals surface area contributed by atoms with Gasteiger partial charge in [0.15, 0.2) is 0 Å². The van der Waals surface area contributed by atoms with E-state index >= 15 is 0 Å². The number of hydrazine groups is 1. The molecule has 0 aliphatic carbocycles. The lowest BCUT2D eigenvalue weighted by molar-refractivity contribution is -0.121. The fourth-order valence-electron chi connectivity index (χ4n) is 7.82. The van der Waals surface area contributed by atoms with Gasteiger partial charge in [-0.1, -0.05) is 206 Å². The van der Waals surface area contributed by atoms with Crippen molar-refractivity contribution in [1.29, 1.82) is 0 Å². The van der Waals surface area contributed by atoms with E-state index in [4.69, 9.17) is 5.11 Å². The molecule has 0 atom stereocenters. The third kappa shape index (κ3) is 48.9. The van der Waals surface area contributed by atoms with Crippen molar-refractivity contribution in [1.82, 2.24) is 31.7 Å². The number of unbranched alkanes of at least 4 members (excludes halogenated alkanes) is 31. The molecule has 9 heteroatoms. The lowest BCUT2D eigenvalue weighted by Crippen LogP contribution is -2.45. The molecule has 0 bridgehead atoms. The summed E-state index contributed by atoms with van der Waals surface area (Å²) in [5, 5.41) is 23.3. The Hall–Kier alpha value is -1.42. The Balaban J connectivity index is 4.07. The summed E-state index contributed by atoms with van der Waals surface area (Å²) >= 11 is 0. The van der Waals surface area contributed by atoms with Gasteiger partial charge in [-0.2, -0.15) is 0 Å². The molecular formula is C49H102N6O3. The normalized spacial score (nSPS) is 11.5. The number of carbonyl (C=O) groups excluding carboxylic acids is 1. The molecule has 6 N–H and O–H groups in total. The Morgan fingerprint density at radius 3 is 0.983 bits per heavy atom. The Labute approximate surface area is 361 Å². The lowest BCUT2D eigenvalue weighted by Gasteiger charge is -2.23. The minimum absolute atomic E-state index is 0.0913. The van der Waals surface area contributed by atoms with Crippen molar-refractivity contribution in [3.63, 3.8) is 0 Å². The van der Waals surface area contributed by atoms with Gasteiger partial charge in [-0.3, -0.25) is 4.79 Å². The Morgan fingerprint density at radius 2 is 0.655 bits per heavy atom. The maximum absolute atomic E-state index is 12.7. The number of rotatable bonds is 50. The van der Waals surface area contributed by atoms with Crippen LogP contribution in [-0.2, 0) is 4.79 Å². The van der Waals surface area contributed by atoms with Gasteiger partial charge in [0.05, 0.1) is 6.54 Å². The minimum atomic E-state index is -0.958. The predicted octanol–water partition coefficient (Wildman–Crippen LogP) is 12.4. The SMILES string of the molecule is CCCCCCCCCCCCCCCCCCN(CCCCCCCCCCCCCCCCCC)NCC(=O)NCCCNCCCCNCCCNC(=O)O. The first-order valence-electron chi connectivity index (χ1n) is 25.7. The molecule has 0 radical (unpaired) electrons. The molecule has 0 aliphatic rings. The van der Waals surface area contributed by atoms with E-state index in [9.17, 15) is 9.59 Å². The van der Waals surface area contributed by atoms with E-state index in [1.54, 1.807) is 0 Å². The summed E-state index contributed by atoms with van der Waals surface area (Å²) in [6.45, 7) is 11.9. The number of amides is 2. The molecule has 0 aromatic heterocycles. The second-order valence-corrected chi connectivity index (χ2v) is 17.4. The summed E-state index contributed by atoms with van der Waals surface area (Å²) < 4.78 is 0. The molecular weight excluding hydrogens is 721 g/mol. The first-order valence-corrected chi connectivity index (χ1v) is 25.7. The Morgan fingerprint density at radius 1 is 0.362 bits per heavy atom. The fourth-order valence-corrected chi connectivity index (χ4v) is 7.82. The number of carboxylic acid groups (broad SMARTS) is 1. The summed E-state index contributed by atoms with van der Waals surface area (Å²) in [5.41, 5.74) is 3.50. The molecule has 0 unspecified atom stereocenters. The molecule has 0 aromatic carbocycles. The van der Waals surface area contributed by atoms with Gasteiger partial charge >= 0.3 is 6.09 Å².